The molecular formula is C25H29N5O6S. The molecule has 0 radical (unpaired) electrons. The van der Waals surface area contributed by atoms with Crippen molar-refractivity contribution in [2.24, 2.45) is 5.73 Å². The van der Waals surface area contributed by atoms with Crippen LogP contribution in [-0.4, -0.2) is 48.0 Å². The van der Waals surface area contributed by atoms with Gasteiger partial charge in [-0.2, -0.15) is 4.37 Å². The first-order chi connectivity index (χ1) is 17.8. The lowest BCUT2D eigenvalue weighted by Gasteiger charge is -2.31. The van der Waals surface area contributed by atoms with Crippen LogP contribution < -0.4 is 26.4 Å². The van der Waals surface area contributed by atoms with E-state index in [1.54, 1.807) is 43.3 Å². The lowest BCUT2D eigenvalue weighted by atomic mass is 10.1. The molecule has 0 aliphatic carbocycles. The number of ether oxygens (including phenoxy) is 2. The van der Waals surface area contributed by atoms with Crippen molar-refractivity contribution in [3.63, 3.8) is 0 Å². The fraction of sp³-hybridized carbons (Fsp3) is 0.360. The molecule has 3 amide bonds. The monoisotopic (exact) mass is 527 g/mol. The molecule has 4 rings (SSSR count). The van der Waals surface area contributed by atoms with Crippen LogP contribution in [0.15, 0.2) is 40.8 Å². The molecule has 1 aliphatic rings. The quantitative estimate of drug-likeness (QED) is 0.362. The van der Waals surface area contributed by atoms with Crippen molar-refractivity contribution in [2.45, 2.75) is 38.8 Å². The summed E-state index contributed by atoms with van der Waals surface area (Å²) in [5.41, 5.74) is 11.4. The summed E-state index contributed by atoms with van der Waals surface area (Å²) in [6.45, 7) is 4.79. The van der Waals surface area contributed by atoms with Gasteiger partial charge < -0.3 is 30.7 Å². The van der Waals surface area contributed by atoms with Gasteiger partial charge in [-0.25, -0.2) is 0 Å². The molecule has 1 aromatic carbocycles. The highest BCUT2D eigenvalue weighted by Crippen LogP contribution is 2.38. The second-order valence-corrected chi connectivity index (χ2v) is 9.22. The van der Waals surface area contributed by atoms with E-state index < -0.39 is 23.8 Å². The first-order valence-electron chi connectivity index (χ1n) is 11.9. The van der Waals surface area contributed by atoms with Crippen LogP contribution in [0, 0.1) is 6.92 Å². The standard InChI is InChI=1S/C25H29N5O6S/c1-3-34-17-9-5-4-8-16(17)30(25(33)22-19(26)20(23(27)31)29-37-22)21(18-11-10-14(2)36-18)24(32)28-13-15-7-6-12-35-15/h4-5,8-11,15,21H,3,6-7,12-13,26H2,1-2H3,(H2,27,31)(H,28,32)/t15-,21+/m0/s1. The Hall–Kier alpha value is -3.90. The molecule has 2 atom stereocenters. The molecule has 3 heterocycles. The predicted molar refractivity (Wildman–Crippen MR) is 138 cm³/mol. The molecule has 1 fully saturated rings. The van der Waals surface area contributed by atoms with E-state index >= 15 is 0 Å². The molecule has 0 bridgehead atoms. The van der Waals surface area contributed by atoms with E-state index in [-0.39, 0.29) is 34.7 Å². The normalized spacial score (nSPS) is 15.8. The number of nitrogen functional groups attached to an aromatic ring is 1. The van der Waals surface area contributed by atoms with Gasteiger partial charge in [0.1, 0.15) is 22.1 Å². The number of carbonyl (C=O) groups is 3. The number of anilines is 2. The minimum Gasteiger partial charge on any atom is -0.492 e. The van der Waals surface area contributed by atoms with Crippen molar-refractivity contribution >= 4 is 40.6 Å². The molecule has 11 nitrogen and oxygen atoms in total. The second-order valence-electron chi connectivity index (χ2n) is 8.45. The fourth-order valence-electron chi connectivity index (χ4n) is 4.13. The number of aryl methyl sites for hydroxylation is 1. The number of amides is 3. The van der Waals surface area contributed by atoms with E-state index in [0.29, 0.717) is 30.4 Å². The number of nitrogens with two attached hydrogens (primary N) is 2. The van der Waals surface area contributed by atoms with E-state index in [4.69, 9.17) is 25.4 Å². The summed E-state index contributed by atoms with van der Waals surface area (Å²) in [5, 5.41) is 2.90. The van der Waals surface area contributed by atoms with E-state index in [9.17, 15) is 14.4 Å². The molecule has 196 valence electrons. The molecule has 5 N–H and O–H groups in total. The Morgan fingerprint density at radius 3 is 2.68 bits per heavy atom. The molecule has 1 saturated heterocycles. The SMILES string of the molecule is CCOc1ccccc1N(C(=O)c1snc(C(N)=O)c1N)[C@@H](C(=O)NC[C@@H]1CCCO1)c1ccc(C)o1. The average Bonchev–Trinajstić information content (AvgIpc) is 3.63. The molecule has 37 heavy (non-hydrogen) atoms. The van der Waals surface area contributed by atoms with Crippen LogP contribution >= 0.6 is 11.5 Å². The Morgan fingerprint density at radius 2 is 2.05 bits per heavy atom. The maximum Gasteiger partial charge on any atom is 0.273 e. The van der Waals surface area contributed by atoms with Crippen molar-refractivity contribution in [1.82, 2.24) is 9.69 Å². The summed E-state index contributed by atoms with van der Waals surface area (Å²) in [4.78, 5) is 40.8. The van der Waals surface area contributed by atoms with Gasteiger partial charge in [0.15, 0.2) is 11.7 Å². The number of primary amides is 1. The van der Waals surface area contributed by atoms with Crippen LogP contribution in [0.25, 0.3) is 0 Å². The lowest BCUT2D eigenvalue weighted by molar-refractivity contribution is -0.123. The zero-order chi connectivity index (χ0) is 26.5. The van der Waals surface area contributed by atoms with E-state index in [0.717, 1.165) is 24.4 Å². The summed E-state index contributed by atoms with van der Waals surface area (Å²) in [6.07, 6.45) is 1.63. The van der Waals surface area contributed by atoms with Crippen molar-refractivity contribution in [1.29, 1.82) is 0 Å². The van der Waals surface area contributed by atoms with Crippen LogP contribution in [0.3, 0.4) is 0 Å². The van der Waals surface area contributed by atoms with Crippen molar-refractivity contribution in [3.05, 3.63) is 58.5 Å². The second kappa shape index (κ2) is 11.4. The van der Waals surface area contributed by atoms with E-state index in [1.165, 1.54) is 4.90 Å². The van der Waals surface area contributed by atoms with Gasteiger partial charge in [-0.15, -0.1) is 0 Å². The summed E-state index contributed by atoms with van der Waals surface area (Å²) < 4.78 is 21.3. The third-order valence-electron chi connectivity index (χ3n) is 5.86. The first-order valence-corrected chi connectivity index (χ1v) is 12.6. The van der Waals surface area contributed by atoms with Gasteiger partial charge in [0.25, 0.3) is 17.7 Å². The number of rotatable bonds is 10. The summed E-state index contributed by atoms with van der Waals surface area (Å²) >= 11 is 0.728. The van der Waals surface area contributed by atoms with E-state index in [2.05, 4.69) is 9.69 Å². The molecular weight excluding hydrogens is 498 g/mol. The maximum absolute atomic E-state index is 14.1. The van der Waals surface area contributed by atoms with Gasteiger partial charge in [-0.3, -0.25) is 19.3 Å². The van der Waals surface area contributed by atoms with Crippen molar-refractivity contribution in [3.8, 4) is 5.75 Å². The van der Waals surface area contributed by atoms with Gasteiger partial charge in [-0.1, -0.05) is 12.1 Å². The van der Waals surface area contributed by atoms with Crippen LogP contribution in [0.5, 0.6) is 5.75 Å². The molecule has 2 aromatic heterocycles. The Bertz CT molecular complexity index is 1280. The summed E-state index contributed by atoms with van der Waals surface area (Å²) in [5.74, 6) is -0.840. The summed E-state index contributed by atoms with van der Waals surface area (Å²) in [6, 6.07) is 8.94. The zero-order valence-electron chi connectivity index (χ0n) is 20.6. The lowest BCUT2D eigenvalue weighted by Crippen LogP contribution is -2.45. The Labute approximate surface area is 217 Å². The highest BCUT2D eigenvalue weighted by molar-refractivity contribution is 7.09. The molecule has 1 aliphatic heterocycles. The number of hydrogen-bond acceptors (Lipinski definition) is 9. The van der Waals surface area contributed by atoms with Crippen molar-refractivity contribution in [2.75, 3.05) is 30.4 Å². The molecule has 0 saturated carbocycles. The highest BCUT2D eigenvalue weighted by Gasteiger charge is 2.39. The van der Waals surface area contributed by atoms with Crippen LogP contribution in [0.2, 0.25) is 0 Å². The number of carbonyl (C=O) groups excluding carboxylic acids is 3. The van der Waals surface area contributed by atoms with Gasteiger partial charge in [-0.05, 0) is 62.5 Å². The van der Waals surface area contributed by atoms with Gasteiger partial charge in [0.2, 0.25) is 0 Å². The van der Waals surface area contributed by atoms with Crippen LogP contribution in [0.4, 0.5) is 11.4 Å². The van der Waals surface area contributed by atoms with E-state index in [1.807, 2.05) is 6.92 Å². The average molecular weight is 528 g/mol. The Balaban J connectivity index is 1.83. The van der Waals surface area contributed by atoms with Gasteiger partial charge in [0.05, 0.1) is 24.1 Å². The molecule has 12 heteroatoms. The Kier molecular flexibility index (Phi) is 8.09. The molecule has 0 spiro atoms. The predicted octanol–water partition coefficient (Wildman–Crippen LogP) is 2.81. The number of hydrogen-bond donors (Lipinski definition) is 3. The topological polar surface area (TPSA) is 163 Å². The first kappa shape index (κ1) is 26.2. The number of aromatic nitrogens is 1. The maximum atomic E-state index is 14.1. The number of para-hydroxylation sites is 2. The number of nitrogens with one attached hydrogen (secondary N) is 1. The van der Waals surface area contributed by atoms with Gasteiger partial charge >= 0.3 is 0 Å². The van der Waals surface area contributed by atoms with Crippen LogP contribution in [0.1, 0.15) is 57.5 Å². The molecule has 3 aromatic rings. The number of benzene rings is 1. The largest absolute Gasteiger partial charge is 0.492 e. The Morgan fingerprint density at radius 1 is 1.27 bits per heavy atom. The van der Waals surface area contributed by atoms with Crippen LogP contribution in [-0.2, 0) is 9.53 Å². The minimum atomic E-state index is -1.23. The fourth-order valence-corrected chi connectivity index (χ4v) is 4.87. The smallest absolute Gasteiger partial charge is 0.273 e. The molecule has 0 unspecified atom stereocenters. The van der Waals surface area contributed by atoms with Gasteiger partial charge in [0, 0.05) is 13.2 Å². The number of nitrogens with zero attached hydrogens (tertiary/aromatic N) is 2. The highest BCUT2D eigenvalue weighted by atomic mass is 32.1. The minimum absolute atomic E-state index is 0.0414. The third kappa shape index (κ3) is 5.59. The number of furan rings is 1. The zero-order valence-corrected chi connectivity index (χ0v) is 21.4. The van der Waals surface area contributed by atoms with Crippen molar-refractivity contribution < 1.29 is 28.3 Å². The summed E-state index contributed by atoms with van der Waals surface area (Å²) in [7, 11) is 0. The third-order valence-corrected chi connectivity index (χ3v) is 6.72.